The maximum Gasteiger partial charge on any atom is 0.407 e. The van der Waals surface area contributed by atoms with E-state index in [9.17, 15) is 29.6 Å². The number of aliphatic hydroxyl groups is 1. The maximum absolute atomic E-state index is 12.3. The Morgan fingerprint density at radius 3 is 2.12 bits per heavy atom. The summed E-state index contributed by atoms with van der Waals surface area (Å²) < 4.78 is 15.8. The van der Waals surface area contributed by atoms with Crippen molar-refractivity contribution < 1.29 is 38.6 Å². The number of rotatable bonds is 14. The fourth-order valence-corrected chi connectivity index (χ4v) is 4.79. The van der Waals surface area contributed by atoms with Gasteiger partial charge in [0, 0.05) is 24.6 Å². The third kappa shape index (κ3) is 8.14. The minimum Gasteiger partial charge on any atom is -0.460 e. The van der Waals surface area contributed by atoms with Gasteiger partial charge in [0.25, 0.3) is 5.69 Å². The zero-order valence-corrected chi connectivity index (χ0v) is 22.9. The fourth-order valence-electron chi connectivity index (χ4n) is 4.79. The average molecular weight is 577 g/mol. The minimum atomic E-state index is -0.738. The molecule has 0 aliphatic heterocycles. The van der Waals surface area contributed by atoms with E-state index in [1.54, 1.807) is 0 Å². The molecule has 0 bridgehead atoms. The second-order valence-electron chi connectivity index (χ2n) is 9.77. The predicted molar refractivity (Wildman–Crippen MR) is 152 cm³/mol. The van der Waals surface area contributed by atoms with Crippen molar-refractivity contribution in [1.29, 1.82) is 0 Å². The molecule has 11 nitrogen and oxygen atoms in total. The molecule has 3 aromatic rings. The molecular weight excluding hydrogens is 544 g/mol. The SMILES string of the molecule is O=C(CCC(=O)OC(CO)CCCCNC(=O)OCC1c2ccccc2-c2ccccc21)Oc1ccc([N+](=O)[O-])cc1. The first-order chi connectivity index (χ1) is 20.4. The highest BCUT2D eigenvalue weighted by molar-refractivity contribution is 5.80. The van der Waals surface area contributed by atoms with E-state index in [0.717, 1.165) is 22.3 Å². The first-order valence-electron chi connectivity index (χ1n) is 13.7. The summed E-state index contributed by atoms with van der Waals surface area (Å²) in [6.45, 7) is 0.208. The number of nitro groups is 1. The van der Waals surface area contributed by atoms with Crippen LogP contribution in [-0.2, 0) is 19.1 Å². The molecule has 1 aliphatic carbocycles. The molecule has 11 heteroatoms. The van der Waals surface area contributed by atoms with Gasteiger partial charge in [0.15, 0.2) is 0 Å². The number of hydrogen-bond acceptors (Lipinski definition) is 9. The van der Waals surface area contributed by atoms with Crippen molar-refractivity contribution in [2.75, 3.05) is 19.8 Å². The molecule has 0 saturated carbocycles. The smallest absolute Gasteiger partial charge is 0.407 e. The Kier molecular flexibility index (Phi) is 10.6. The number of esters is 2. The average Bonchev–Trinajstić information content (AvgIpc) is 3.32. The van der Waals surface area contributed by atoms with Crippen molar-refractivity contribution in [3.8, 4) is 16.9 Å². The summed E-state index contributed by atoms with van der Waals surface area (Å²) in [5, 5.41) is 23.0. The first kappa shape index (κ1) is 30.2. The van der Waals surface area contributed by atoms with Gasteiger partial charge in [-0.1, -0.05) is 48.5 Å². The summed E-state index contributed by atoms with van der Waals surface area (Å²) in [6, 6.07) is 21.2. The van der Waals surface area contributed by atoms with Gasteiger partial charge in [0.1, 0.15) is 18.5 Å². The van der Waals surface area contributed by atoms with Gasteiger partial charge in [-0.3, -0.25) is 19.7 Å². The number of non-ortho nitro benzene ring substituents is 1. The van der Waals surface area contributed by atoms with Crippen LogP contribution in [0.1, 0.15) is 49.1 Å². The van der Waals surface area contributed by atoms with Crippen LogP contribution in [0.25, 0.3) is 11.1 Å². The number of aliphatic hydroxyl groups excluding tert-OH is 1. The predicted octanol–water partition coefficient (Wildman–Crippen LogP) is 4.89. The van der Waals surface area contributed by atoms with Crippen LogP contribution in [0, 0.1) is 10.1 Å². The summed E-state index contributed by atoms with van der Waals surface area (Å²) >= 11 is 0. The van der Waals surface area contributed by atoms with E-state index in [2.05, 4.69) is 29.6 Å². The third-order valence-electron chi connectivity index (χ3n) is 6.88. The van der Waals surface area contributed by atoms with Gasteiger partial charge in [0.05, 0.1) is 24.4 Å². The summed E-state index contributed by atoms with van der Waals surface area (Å²) in [7, 11) is 0. The van der Waals surface area contributed by atoms with Gasteiger partial charge in [-0.15, -0.1) is 0 Å². The van der Waals surface area contributed by atoms with Gasteiger partial charge in [-0.2, -0.15) is 0 Å². The molecule has 1 amide bonds. The molecule has 1 unspecified atom stereocenters. The second kappa shape index (κ2) is 14.7. The summed E-state index contributed by atoms with van der Waals surface area (Å²) in [5.74, 6) is -1.25. The van der Waals surface area contributed by atoms with E-state index < -0.39 is 29.1 Å². The number of nitrogens with zero attached hydrogens (tertiary/aromatic N) is 1. The Morgan fingerprint density at radius 1 is 0.881 bits per heavy atom. The van der Waals surface area contributed by atoms with Crippen LogP contribution in [0.2, 0.25) is 0 Å². The van der Waals surface area contributed by atoms with Crippen molar-refractivity contribution in [3.05, 3.63) is 94.0 Å². The fraction of sp³-hybridized carbons (Fsp3) is 0.323. The number of hydrogen-bond donors (Lipinski definition) is 2. The van der Waals surface area contributed by atoms with Gasteiger partial charge in [-0.05, 0) is 53.6 Å². The van der Waals surface area contributed by atoms with E-state index >= 15 is 0 Å². The summed E-state index contributed by atoms with van der Waals surface area (Å²) in [5.41, 5.74) is 4.45. The largest absolute Gasteiger partial charge is 0.460 e. The monoisotopic (exact) mass is 576 g/mol. The molecule has 42 heavy (non-hydrogen) atoms. The van der Waals surface area contributed by atoms with E-state index in [4.69, 9.17) is 14.2 Å². The minimum absolute atomic E-state index is 0.0210. The van der Waals surface area contributed by atoms with Crippen LogP contribution in [0.5, 0.6) is 5.75 Å². The molecule has 220 valence electrons. The molecule has 3 aromatic carbocycles. The molecule has 0 saturated heterocycles. The van der Waals surface area contributed by atoms with Gasteiger partial charge < -0.3 is 24.6 Å². The van der Waals surface area contributed by atoms with Crippen LogP contribution in [0.3, 0.4) is 0 Å². The van der Waals surface area contributed by atoms with Crippen molar-refractivity contribution in [2.24, 2.45) is 0 Å². The number of alkyl carbamates (subject to hydrolysis) is 1. The Morgan fingerprint density at radius 2 is 1.50 bits per heavy atom. The van der Waals surface area contributed by atoms with Crippen molar-refractivity contribution in [1.82, 2.24) is 5.32 Å². The summed E-state index contributed by atoms with van der Waals surface area (Å²) in [4.78, 5) is 46.5. The Hall–Kier alpha value is -4.77. The molecule has 0 spiro atoms. The third-order valence-corrected chi connectivity index (χ3v) is 6.88. The van der Waals surface area contributed by atoms with E-state index in [1.165, 1.54) is 24.3 Å². The van der Waals surface area contributed by atoms with Crippen molar-refractivity contribution in [2.45, 2.75) is 44.1 Å². The molecule has 0 aromatic heterocycles. The van der Waals surface area contributed by atoms with Gasteiger partial charge in [-0.25, -0.2) is 4.79 Å². The topological polar surface area (TPSA) is 154 Å². The standard InChI is InChI=1S/C31H32N2O9/c34-19-23(42-30(36)17-16-29(35)41-22-14-12-21(13-15-22)33(38)39)7-5-6-18-32-31(37)40-20-28-26-10-3-1-8-24(26)25-9-2-4-11-27(25)28/h1-4,8-15,23,28,34H,5-7,16-20H2,(H,32,37). The number of carbonyl (C=O) groups excluding carboxylic acids is 3. The molecule has 4 rings (SSSR count). The number of fused-ring (bicyclic) bond motifs is 3. The molecule has 0 heterocycles. The van der Waals surface area contributed by atoms with Crippen molar-refractivity contribution >= 4 is 23.7 Å². The van der Waals surface area contributed by atoms with E-state index in [1.807, 2.05) is 24.3 Å². The Balaban J connectivity index is 1.09. The van der Waals surface area contributed by atoms with Gasteiger partial charge in [0.2, 0.25) is 0 Å². The molecular formula is C31H32N2O9. The lowest BCUT2D eigenvalue weighted by Gasteiger charge is -2.16. The van der Waals surface area contributed by atoms with Crippen LogP contribution >= 0.6 is 0 Å². The zero-order valence-electron chi connectivity index (χ0n) is 22.9. The number of nitro benzene ring substituents is 1. The van der Waals surface area contributed by atoms with Gasteiger partial charge >= 0.3 is 18.0 Å². The highest BCUT2D eigenvalue weighted by Gasteiger charge is 2.29. The highest BCUT2D eigenvalue weighted by atomic mass is 16.6. The number of unbranched alkanes of at least 4 members (excludes halogenated alkanes) is 1. The summed E-state index contributed by atoms with van der Waals surface area (Å²) in [6.07, 6.45) is -0.212. The second-order valence-corrected chi connectivity index (χ2v) is 9.77. The molecule has 1 aliphatic rings. The molecule has 2 N–H and O–H groups in total. The molecule has 1 atom stereocenters. The van der Waals surface area contributed by atoms with Crippen LogP contribution in [-0.4, -0.2) is 53.9 Å². The van der Waals surface area contributed by atoms with E-state index in [0.29, 0.717) is 25.8 Å². The van der Waals surface area contributed by atoms with E-state index in [-0.39, 0.29) is 43.4 Å². The highest BCUT2D eigenvalue weighted by Crippen LogP contribution is 2.44. The van der Waals surface area contributed by atoms with Crippen LogP contribution in [0.15, 0.2) is 72.8 Å². The quantitative estimate of drug-likeness (QED) is 0.0897. The maximum atomic E-state index is 12.3. The number of amides is 1. The lowest BCUT2D eigenvalue weighted by molar-refractivity contribution is -0.384. The lowest BCUT2D eigenvalue weighted by Crippen LogP contribution is -2.27. The number of ether oxygens (including phenoxy) is 3. The Bertz CT molecular complexity index is 1360. The number of carbonyl (C=O) groups is 3. The lowest BCUT2D eigenvalue weighted by atomic mass is 9.98. The normalized spacial score (nSPS) is 12.5. The number of benzene rings is 3. The molecule has 0 fully saturated rings. The Labute approximate surface area is 242 Å². The van der Waals surface area contributed by atoms with Crippen molar-refractivity contribution in [3.63, 3.8) is 0 Å². The number of nitrogens with one attached hydrogen (secondary N) is 1. The molecule has 0 radical (unpaired) electrons. The van der Waals surface area contributed by atoms with Crippen LogP contribution < -0.4 is 10.1 Å². The van der Waals surface area contributed by atoms with Crippen LogP contribution in [0.4, 0.5) is 10.5 Å². The first-order valence-corrected chi connectivity index (χ1v) is 13.7. The zero-order chi connectivity index (χ0) is 29.9.